The van der Waals surface area contributed by atoms with Crippen molar-refractivity contribution in [3.63, 3.8) is 0 Å². The third-order valence-electron chi connectivity index (χ3n) is 5.07. The van der Waals surface area contributed by atoms with Gasteiger partial charge in [0, 0.05) is 17.5 Å². The molecular formula is C19H20N2O4S. The number of rotatable bonds is 4. The molecule has 1 aromatic heterocycles. The first-order valence-electron chi connectivity index (χ1n) is 8.58. The summed E-state index contributed by atoms with van der Waals surface area (Å²) in [6.45, 7) is 0.0134. The van der Waals surface area contributed by atoms with E-state index in [1.54, 1.807) is 36.6 Å². The van der Waals surface area contributed by atoms with Gasteiger partial charge in [-0.2, -0.15) is 0 Å². The van der Waals surface area contributed by atoms with Crippen molar-refractivity contribution in [2.75, 3.05) is 18.6 Å². The normalized spacial score (nSPS) is 22.8. The van der Waals surface area contributed by atoms with Crippen molar-refractivity contribution in [1.82, 2.24) is 5.32 Å². The van der Waals surface area contributed by atoms with Gasteiger partial charge in [-0.15, -0.1) is 11.3 Å². The Bertz CT molecular complexity index is 830. The van der Waals surface area contributed by atoms with E-state index in [0.29, 0.717) is 29.8 Å². The van der Waals surface area contributed by atoms with Crippen molar-refractivity contribution in [2.45, 2.75) is 25.0 Å². The Morgan fingerprint density at radius 3 is 2.88 bits per heavy atom. The third-order valence-corrected chi connectivity index (χ3v) is 6.02. The van der Waals surface area contributed by atoms with Crippen LogP contribution < -0.4 is 15.0 Å². The lowest BCUT2D eigenvalue weighted by atomic mass is 9.76. The first kappa shape index (κ1) is 17.1. The van der Waals surface area contributed by atoms with Crippen LogP contribution in [-0.4, -0.2) is 36.7 Å². The number of benzene rings is 1. The van der Waals surface area contributed by atoms with Gasteiger partial charge in [-0.3, -0.25) is 9.59 Å². The zero-order chi connectivity index (χ0) is 18.3. The van der Waals surface area contributed by atoms with Gasteiger partial charge in [0.15, 0.2) is 6.61 Å². The second kappa shape index (κ2) is 6.74. The molecule has 2 N–H and O–H groups in total. The van der Waals surface area contributed by atoms with Crippen molar-refractivity contribution >= 4 is 28.8 Å². The van der Waals surface area contributed by atoms with Gasteiger partial charge in [-0.1, -0.05) is 6.07 Å². The highest BCUT2D eigenvalue weighted by atomic mass is 32.1. The van der Waals surface area contributed by atoms with Crippen molar-refractivity contribution in [1.29, 1.82) is 0 Å². The van der Waals surface area contributed by atoms with Gasteiger partial charge in [0.1, 0.15) is 5.75 Å². The van der Waals surface area contributed by atoms with E-state index in [1.165, 1.54) is 4.90 Å². The van der Waals surface area contributed by atoms with Crippen LogP contribution in [0.3, 0.4) is 0 Å². The Hall–Kier alpha value is -2.38. The summed E-state index contributed by atoms with van der Waals surface area (Å²) in [5, 5.41) is 14.7. The van der Waals surface area contributed by atoms with Gasteiger partial charge >= 0.3 is 0 Å². The minimum Gasteiger partial charge on any atom is -0.482 e. The standard InChI is InChI=1S/C19H20N2O4S/c1-21-14-9-11(4-5-15(14)25-10-17(21)23)19(24)20-18(12-7-13(22)8-12)16-3-2-6-26-16/h2-6,9,12-13,18,22H,7-8,10H2,1H3,(H,20,24). The molecule has 1 aromatic carbocycles. The molecule has 1 saturated carbocycles. The second-order valence-electron chi connectivity index (χ2n) is 6.78. The fourth-order valence-corrected chi connectivity index (χ4v) is 4.30. The molecule has 0 bridgehead atoms. The monoisotopic (exact) mass is 372 g/mol. The zero-order valence-corrected chi connectivity index (χ0v) is 15.2. The molecule has 2 heterocycles. The number of hydrogen-bond acceptors (Lipinski definition) is 5. The Morgan fingerprint density at radius 1 is 1.38 bits per heavy atom. The number of hydrogen-bond donors (Lipinski definition) is 2. The van der Waals surface area contributed by atoms with Crippen LogP contribution in [0.25, 0.3) is 0 Å². The summed E-state index contributed by atoms with van der Waals surface area (Å²) in [7, 11) is 1.68. The highest BCUT2D eigenvalue weighted by molar-refractivity contribution is 7.10. The molecule has 6 nitrogen and oxygen atoms in total. The van der Waals surface area contributed by atoms with Crippen molar-refractivity contribution in [3.05, 3.63) is 46.2 Å². The number of likely N-dealkylation sites (N-methyl/N-ethyl adjacent to an activating group) is 1. The molecule has 1 fully saturated rings. The minimum atomic E-state index is -0.278. The number of thiophene rings is 1. The van der Waals surface area contributed by atoms with Crippen LogP contribution in [0.1, 0.15) is 34.1 Å². The van der Waals surface area contributed by atoms with Crippen LogP contribution in [-0.2, 0) is 4.79 Å². The van der Waals surface area contributed by atoms with Crippen molar-refractivity contribution in [3.8, 4) is 5.75 Å². The lowest BCUT2D eigenvalue weighted by molar-refractivity contribution is -0.120. The van der Waals surface area contributed by atoms with E-state index in [0.717, 1.165) is 4.88 Å². The summed E-state index contributed by atoms with van der Waals surface area (Å²) < 4.78 is 5.41. The molecular weight excluding hydrogens is 352 g/mol. The average molecular weight is 372 g/mol. The molecule has 1 aliphatic heterocycles. The lowest BCUT2D eigenvalue weighted by Gasteiger charge is -2.37. The molecule has 136 valence electrons. The van der Waals surface area contributed by atoms with Gasteiger partial charge < -0.3 is 20.1 Å². The fraction of sp³-hybridized carbons (Fsp3) is 0.368. The number of ether oxygens (including phenoxy) is 1. The van der Waals surface area contributed by atoms with E-state index in [4.69, 9.17) is 4.74 Å². The van der Waals surface area contributed by atoms with E-state index < -0.39 is 0 Å². The first-order valence-corrected chi connectivity index (χ1v) is 9.46. The third kappa shape index (κ3) is 3.08. The lowest BCUT2D eigenvalue weighted by Crippen LogP contribution is -2.41. The van der Waals surface area contributed by atoms with Crippen LogP contribution in [0.4, 0.5) is 5.69 Å². The van der Waals surface area contributed by atoms with E-state index in [2.05, 4.69) is 5.32 Å². The van der Waals surface area contributed by atoms with E-state index in [1.807, 2.05) is 17.5 Å². The topological polar surface area (TPSA) is 78.9 Å². The maximum Gasteiger partial charge on any atom is 0.264 e. The van der Waals surface area contributed by atoms with Gasteiger partial charge in [-0.25, -0.2) is 0 Å². The molecule has 0 radical (unpaired) electrons. The highest BCUT2D eigenvalue weighted by Gasteiger charge is 2.36. The number of nitrogens with zero attached hydrogens (tertiary/aromatic N) is 1. The largest absolute Gasteiger partial charge is 0.482 e. The molecule has 0 spiro atoms. The molecule has 26 heavy (non-hydrogen) atoms. The number of anilines is 1. The number of aliphatic hydroxyl groups excluding tert-OH is 1. The van der Waals surface area contributed by atoms with Gasteiger partial charge in [0.05, 0.1) is 17.8 Å². The Morgan fingerprint density at radius 2 is 2.19 bits per heavy atom. The smallest absolute Gasteiger partial charge is 0.264 e. The van der Waals surface area contributed by atoms with Crippen LogP contribution in [0.5, 0.6) is 5.75 Å². The number of carbonyl (C=O) groups excluding carboxylic acids is 2. The Kier molecular flexibility index (Phi) is 4.42. The zero-order valence-electron chi connectivity index (χ0n) is 14.3. The summed E-state index contributed by atoms with van der Waals surface area (Å²) in [6.07, 6.45) is 1.11. The molecule has 0 saturated heterocycles. The van der Waals surface area contributed by atoms with E-state index >= 15 is 0 Å². The summed E-state index contributed by atoms with van der Waals surface area (Å²) in [6, 6.07) is 8.97. The van der Waals surface area contributed by atoms with Crippen molar-refractivity contribution < 1.29 is 19.4 Å². The van der Waals surface area contributed by atoms with Crippen LogP contribution in [0, 0.1) is 5.92 Å². The van der Waals surface area contributed by atoms with Gasteiger partial charge in [0.25, 0.3) is 11.8 Å². The summed E-state index contributed by atoms with van der Waals surface area (Å²) in [5.41, 5.74) is 1.08. The number of aliphatic hydroxyl groups is 1. The van der Waals surface area contributed by atoms with E-state index in [-0.39, 0.29) is 36.5 Å². The average Bonchev–Trinajstić information content (AvgIpc) is 3.14. The predicted octanol–water partition coefficient (Wildman–Crippen LogP) is 2.35. The van der Waals surface area contributed by atoms with Crippen LogP contribution in [0.2, 0.25) is 0 Å². The molecule has 1 atom stereocenters. The summed E-state index contributed by atoms with van der Waals surface area (Å²) in [4.78, 5) is 27.2. The maximum absolute atomic E-state index is 12.8. The summed E-state index contributed by atoms with van der Waals surface area (Å²) in [5.74, 6) is 0.493. The molecule has 7 heteroatoms. The number of carbonyl (C=O) groups is 2. The quantitative estimate of drug-likeness (QED) is 0.864. The molecule has 2 amide bonds. The maximum atomic E-state index is 12.8. The highest BCUT2D eigenvalue weighted by Crippen LogP contribution is 2.40. The molecule has 2 aromatic rings. The molecule has 2 aliphatic rings. The SMILES string of the molecule is CN1C(=O)COc2ccc(C(=O)NC(c3cccs3)C3CC(O)C3)cc21. The number of amides is 2. The minimum absolute atomic E-state index is 0.0134. The summed E-state index contributed by atoms with van der Waals surface area (Å²) >= 11 is 1.60. The fourth-order valence-electron chi connectivity index (χ4n) is 3.43. The molecule has 1 aliphatic carbocycles. The Balaban J connectivity index is 1.56. The second-order valence-corrected chi connectivity index (χ2v) is 7.76. The molecule has 1 unspecified atom stereocenters. The van der Waals surface area contributed by atoms with Gasteiger partial charge in [-0.05, 0) is 48.4 Å². The molecule has 4 rings (SSSR count). The number of nitrogens with one attached hydrogen (secondary N) is 1. The number of fused-ring (bicyclic) bond motifs is 1. The van der Waals surface area contributed by atoms with Crippen LogP contribution in [0.15, 0.2) is 35.7 Å². The van der Waals surface area contributed by atoms with E-state index in [9.17, 15) is 14.7 Å². The first-order chi connectivity index (χ1) is 12.5. The van der Waals surface area contributed by atoms with Crippen molar-refractivity contribution in [2.24, 2.45) is 5.92 Å². The van der Waals surface area contributed by atoms with Gasteiger partial charge in [0.2, 0.25) is 0 Å². The van der Waals surface area contributed by atoms with Crippen LogP contribution >= 0.6 is 11.3 Å². The Labute approximate surface area is 155 Å². The predicted molar refractivity (Wildman–Crippen MR) is 98.6 cm³/mol.